The summed E-state index contributed by atoms with van der Waals surface area (Å²) in [5.41, 5.74) is 1.12. The zero-order valence-electron chi connectivity index (χ0n) is 12.8. The second-order valence-electron chi connectivity index (χ2n) is 5.23. The molecule has 0 aliphatic carbocycles. The number of nitrogens with zero attached hydrogens (tertiary/aromatic N) is 2. The molecule has 5 nitrogen and oxygen atoms in total. The SMILES string of the molecule is CN(C)C(=O)c1ccc(NCC(O)c2cc(Cl)cc(Cl)c2)nc1. The summed E-state index contributed by atoms with van der Waals surface area (Å²) in [5.74, 6) is 0.449. The molecule has 122 valence electrons. The molecule has 1 amide bonds. The van der Waals surface area contributed by atoms with Gasteiger partial charge in [0.25, 0.3) is 5.91 Å². The number of aliphatic hydroxyl groups excluding tert-OH is 1. The highest BCUT2D eigenvalue weighted by Gasteiger charge is 2.11. The first-order valence-electron chi connectivity index (χ1n) is 6.92. The van der Waals surface area contributed by atoms with E-state index in [1.54, 1.807) is 44.4 Å². The van der Waals surface area contributed by atoms with E-state index in [0.29, 0.717) is 27.0 Å². The second kappa shape index (κ2) is 7.64. The molecule has 0 bridgehead atoms. The van der Waals surface area contributed by atoms with Gasteiger partial charge in [0.2, 0.25) is 0 Å². The Labute approximate surface area is 144 Å². The molecule has 1 unspecified atom stereocenters. The van der Waals surface area contributed by atoms with Crippen LogP contribution in [0.15, 0.2) is 36.5 Å². The molecule has 2 N–H and O–H groups in total. The van der Waals surface area contributed by atoms with Gasteiger partial charge in [-0.1, -0.05) is 23.2 Å². The first-order valence-corrected chi connectivity index (χ1v) is 7.68. The van der Waals surface area contributed by atoms with Gasteiger partial charge < -0.3 is 15.3 Å². The molecular weight excluding hydrogens is 337 g/mol. The van der Waals surface area contributed by atoms with Crippen molar-refractivity contribution >= 4 is 34.9 Å². The number of carbonyl (C=O) groups is 1. The van der Waals surface area contributed by atoms with E-state index in [1.807, 2.05) is 0 Å². The molecule has 0 fully saturated rings. The van der Waals surface area contributed by atoms with Crippen molar-refractivity contribution in [3.63, 3.8) is 0 Å². The highest BCUT2D eigenvalue weighted by atomic mass is 35.5. The first kappa shape index (κ1) is 17.5. The number of anilines is 1. The number of aliphatic hydroxyl groups is 1. The lowest BCUT2D eigenvalue weighted by atomic mass is 10.1. The van der Waals surface area contributed by atoms with Crippen LogP contribution in [0.2, 0.25) is 10.0 Å². The van der Waals surface area contributed by atoms with Gasteiger partial charge in [-0.05, 0) is 35.9 Å². The number of pyridine rings is 1. The van der Waals surface area contributed by atoms with Gasteiger partial charge in [0.05, 0.1) is 11.7 Å². The fourth-order valence-corrected chi connectivity index (χ4v) is 2.51. The summed E-state index contributed by atoms with van der Waals surface area (Å²) >= 11 is 11.8. The van der Waals surface area contributed by atoms with Gasteiger partial charge in [0.1, 0.15) is 5.82 Å². The van der Waals surface area contributed by atoms with Crippen molar-refractivity contribution in [2.45, 2.75) is 6.10 Å². The van der Waals surface area contributed by atoms with E-state index in [-0.39, 0.29) is 12.5 Å². The molecule has 1 heterocycles. The van der Waals surface area contributed by atoms with Crippen LogP contribution in [0, 0.1) is 0 Å². The van der Waals surface area contributed by atoms with Crippen molar-refractivity contribution in [1.82, 2.24) is 9.88 Å². The van der Waals surface area contributed by atoms with Gasteiger partial charge in [0, 0.05) is 36.9 Å². The zero-order chi connectivity index (χ0) is 17.0. The van der Waals surface area contributed by atoms with Crippen LogP contribution in [0.4, 0.5) is 5.82 Å². The number of rotatable bonds is 5. The topological polar surface area (TPSA) is 65.5 Å². The maximum absolute atomic E-state index is 11.8. The zero-order valence-corrected chi connectivity index (χ0v) is 14.3. The van der Waals surface area contributed by atoms with E-state index in [2.05, 4.69) is 10.3 Å². The summed E-state index contributed by atoms with van der Waals surface area (Å²) in [7, 11) is 3.36. The van der Waals surface area contributed by atoms with E-state index < -0.39 is 6.10 Å². The van der Waals surface area contributed by atoms with Crippen molar-refractivity contribution in [2.75, 3.05) is 26.0 Å². The molecule has 0 aliphatic rings. The van der Waals surface area contributed by atoms with Crippen molar-refractivity contribution in [3.8, 4) is 0 Å². The Morgan fingerprint density at radius 3 is 2.43 bits per heavy atom. The molecule has 0 spiro atoms. The van der Waals surface area contributed by atoms with Crippen molar-refractivity contribution in [3.05, 3.63) is 57.7 Å². The van der Waals surface area contributed by atoms with E-state index in [0.717, 1.165) is 0 Å². The maximum atomic E-state index is 11.8. The standard InChI is InChI=1S/C16H17Cl2N3O2/c1-21(2)16(23)10-3-4-15(19-8-10)20-9-14(22)11-5-12(17)7-13(18)6-11/h3-8,14,22H,9H2,1-2H3,(H,19,20). The van der Waals surface area contributed by atoms with Crippen molar-refractivity contribution < 1.29 is 9.90 Å². The predicted molar refractivity (Wildman–Crippen MR) is 92.2 cm³/mol. The predicted octanol–water partition coefficient (Wildman–Crippen LogP) is 3.24. The normalized spacial score (nSPS) is 11.9. The monoisotopic (exact) mass is 353 g/mol. The Morgan fingerprint density at radius 1 is 1.26 bits per heavy atom. The average Bonchev–Trinajstić information content (AvgIpc) is 2.51. The molecule has 1 aromatic carbocycles. The Bertz CT molecular complexity index is 670. The summed E-state index contributed by atoms with van der Waals surface area (Å²) in [5, 5.41) is 14.1. The van der Waals surface area contributed by atoms with Crippen LogP contribution in [0.3, 0.4) is 0 Å². The quantitative estimate of drug-likeness (QED) is 0.865. The number of aromatic nitrogens is 1. The number of hydrogen-bond donors (Lipinski definition) is 2. The van der Waals surface area contributed by atoms with Crippen LogP contribution in [0.25, 0.3) is 0 Å². The van der Waals surface area contributed by atoms with E-state index in [4.69, 9.17) is 23.2 Å². The van der Waals surface area contributed by atoms with Crippen LogP contribution in [0.5, 0.6) is 0 Å². The molecule has 2 aromatic rings. The van der Waals surface area contributed by atoms with Crippen LogP contribution in [0.1, 0.15) is 22.0 Å². The van der Waals surface area contributed by atoms with Gasteiger partial charge in [-0.2, -0.15) is 0 Å². The van der Waals surface area contributed by atoms with E-state index in [9.17, 15) is 9.90 Å². The smallest absolute Gasteiger partial charge is 0.254 e. The highest BCUT2D eigenvalue weighted by molar-refractivity contribution is 6.34. The summed E-state index contributed by atoms with van der Waals surface area (Å²) in [6.07, 6.45) is 0.712. The summed E-state index contributed by atoms with van der Waals surface area (Å²) in [4.78, 5) is 17.4. The third-order valence-corrected chi connectivity index (χ3v) is 3.60. The summed E-state index contributed by atoms with van der Waals surface area (Å²) in [6, 6.07) is 8.29. The Hall–Kier alpha value is -1.82. The second-order valence-corrected chi connectivity index (χ2v) is 6.10. The lowest BCUT2D eigenvalue weighted by Gasteiger charge is -2.14. The fourth-order valence-electron chi connectivity index (χ4n) is 1.97. The van der Waals surface area contributed by atoms with E-state index in [1.165, 1.54) is 11.1 Å². The average molecular weight is 354 g/mol. The number of nitrogens with one attached hydrogen (secondary N) is 1. The molecule has 1 aromatic heterocycles. The number of benzene rings is 1. The van der Waals surface area contributed by atoms with Gasteiger partial charge in [-0.15, -0.1) is 0 Å². The largest absolute Gasteiger partial charge is 0.387 e. The molecule has 0 aliphatic heterocycles. The lowest BCUT2D eigenvalue weighted by Crippen LogP contribution is -2.21. The van der Waals surface area contributed by atoms with Crippen LogP contribution >= 0.6 is 23.2 Å². The number of halogens is 2. The maximum Gasteiger partial charge on any atom is 0.254 e. The van der Waals surface area contributed by atoms with E-state index >= 15 is 0 Å². The fraction of sp³-hybridized carbons (Fsp3) is 0.250. The number of carbonyl (C=O) groups excluding carboxylic acids is 1. The van der Waals surface area contributed by atoms with Gasteiger partial charge in [0.15, 0.2) is 0 Å². The van der Waals surface area contributed by atoms with Gasteiger partial charge in [-0.25, -0.2) is 4.98 Å². The lowest BCUT2D eigenvalue weighted by molar-refractivity contribution is 0.0827. The van der Waals surface area contributed by atoms with Crippen molar-refractivity contribution in [1.29, 1.82) is 0 Å². The third-order valence-electron chi connectivity index (χ3n) is 3.16. The van der Waals surface area contributed by atoms with Gasteiger partial charge >= 0.3 is 0 Å². The van der Waals surface area contributed by atoms with Crippen LogP contribution < -0.4 is 5.32 Å². The Kier molecular flexibility index (Phi) is 5.82. The number of amides is 1. The molecular formula is C16H17Cl2N3O2. The minimum atomic E-state index is -0.781. The summed E-state index contributed by atoms with van der Waals surface area (Å²) < 4.78 is 0. The molecule has 1 atom stereocenters. The molecule has 2 rings (SSSR count). The molecule has 23 heavy (non-hydrogen) atoms. The van der Waals surface area contributed by atoms with Crippen molar-refractivity contribution in [2.24, 2.45) is 0 Å². The third kappa shape index (κ3) is 4.82. The van der Waals surface area contributed by atoms with Gasteiger partial charge in [-0.3, -0.25) is 4.79 Å². The molecule has 7 heteroatoms. The molecule has 0 saturated carbocycles. The minimum absolute atomic E-state index is 0.113. The van der Waals surface area contributed by atoms with Crippen LogP contribution in [-0.4, -0.2) is 41.5 Å². The number of hydrogen-bond acceptors (Lipinski definition) is 4. The Balaban J connectivity index is 1.99. The highest BCUT2D eigenvalue weighted by Crippen LogP contribution is 2.23. The summed E-state index contributed by atoms with van der Waals surface area (Å²) in [6.45, 7) is 0.241. The molecule has 0 saturated heterocycles. The Morgan fingerprint density at radius 2 is 1.91 bits per heavy atom. The van der Waals surface area contributed by atoms with Crippen LogP contribution in [-0.2, 0) is 0 Å². The minimum Gasteiger partial charge on any atom is -0.387 e. The molecule has 0 radical (unpaired) electrons. The first-order chi connectivity index (χ1) is 10.9.